The number of benzene rings is 1. The molecule has 0 saturated heterocycles. The third kappa shape index (κ3) is 3.27. The number of nitrogens with zero attached hydrogens (tertiary/aromatic N) is 3. The minimum absolute atomic E-state index is 0.0309. The highest BCUT2D eigenvalue weighted by Gasteiger charge is 2.42. The van der Waals surface area contributed by atoms with Crippen molar-refractivity contribution in [3.05, 3.63) is 35.7 Å². The Hall–Kier alpha value is -2.54. The molecule has 2 aromatic rings. The van der Waals surface area contributed by atoms with E-state index in [0.29, 0.717) is 25.1 Å². The van der Waals surface area contributed by atoms with Crippen molar-refractivity contribution in [1.29, 1.82) is 0 Å². The molecule has 0 unspecified atom stereocenters. The van der Waals surface area contributed by atoms with Gasteiger partial charge in [0.2, 0.25) is 12.5 Å². The standard InChI is InChI=1S/C20H26N3O4/c1-23(2)10-6-14-11-17-19(27-13-26-17)20(25-3)18(14)16(23)12-15(24)5-9-22-8-4-7-21-22/h4,7-8,11,16H,5-6,9-10,12-13H2,1-3H3/q+1/t16-/m1/s1. The molecule has 2 aliphatic rings. The van der Waals surface area contributed by atoms with Crippen LogP contribution in [0.15, 0.2) is 24.5 Å². The number of carbonyl (C=O) groups is 1. The Balaban J connectivity index is 1.63. The Morgan fingerprint density at radius 1 is 1.41 bits per heavy atom. The Morgan fingerprint density at radius 3 is 3.00 bits per heavy atom. The van der Waals surface area contributed by atoms with Crippen molar-refractivity contribution in [2.75, 3.05) is 34.5 Å². The lowest BCUT2D eigenvalue weighted by Crippen LogP contribution is -2.48. The summed E-state index contributed by atoms with van der Waals surface area (Å²) in [4.78, 5) is 12.8. The average Bonchev–Trinajstić information content (AvgIpc) is 3.32. The second kappa shape index (κ2) is 6.88. The molecule has 0 fully saturated rings. The average molecular weight is 372 g/mol. The maximum absolute atomic E-state index is 12.8. The van der Waals surface area contributed by atoms with Crippen LogP contribution in [0.25, 0.3) is 0 Å². The van der Waals surface area contributed by atoms with E-state index in [1.54, 1.807) is 18.0 Å². The Bertz CT molecular complexity index is 845. The third-order valence-electron chi connectivity index (χ3n) is 5.68. The van der Waals surface area contributed by atoms with Gasteiger partial charge in [-0.1, -0.05) is 0 Å². The van der Waals surface area contributed by atoms with Gasteiger partial charge < -0.3 is 18.7 Å². The number of fused-ring (bicyclic) bond motifs is 2. The zero-order valence-corrected chi connectivity index (χ0v) is 16.1. The summed E-state index contributed by atoms with van der Waals surface area (Å²) < 4.78 is 19.5. The number of ether oxygens (including phenoxy) is 3. The van der Waals surface area contributed by atoms with Crippen molar-refractivity contribution in [1.82, 2.24) is 9.78 Å². The molecule has 7 nitrogen and oxygen atoms in total. The molecule has 0 radical (unpaired) electrons. The first kappa shape index (κ1) is 17.9. The number of carbonyl (C=O) groups excluding carboxylic acids is 1. The highest BCUT2D eigenvalue weighted by Crippen LogP contribution is 2.51. The predicted octanol–water partition coefficient (Wildman–Crippen LogP) is 2.34. The number of aromatic nitrogens is 2. The zero-order valence-electron chi connectivity index (χ0n) is 16.1. The Labute approximate surface area is 159 Å². The fourth-order valence-corrected chi connectivity index (χ4v) is 4.10. The van der Waals surface area contributed by atoms with Crippen molar-refractivity contribution < 1.29 is 23.5 Å². The lowest BCUT2D eigenvalue weighted by Gasteiger charge is -2.43. The first-order chi connectivity index (χ1) is 13.0. The van der Waals surface area contributed by atoms with E-state index in [4.69, 9.17) is 14.2 Å². The summed E-state index contributed by atoms with van der Waals surface area (Å²) in [6, 6.07) is 3.96. The number of hydrogen-bond acceptors (Lipinski definition) is 5. The molecule has 27 heavy (non-hydrogen) atoms. The van der Waals surface area contributed by atoms with Gasteiger partial charge in [-0.05, 0) is 17.7 Å². The largest absolute Gasteiger partial charge is 0.492 e. The van der Waals surface area contributed by atoms with Crippen LogP contribution in [0.1, 0.15) is 30.0 Å². The van der Waals surface area contributed by atoms with Gasteiger partial charge in [0.15, 0.2) is 11.5 Å². The fourth-order valence-electron chi connectivity index (χ4n) is 4.10. The molecule has 0 saturated carbocycles. The summed E-state index contributed by atoms with van der Waals surface area (Å²) in [6.45, 7) is 1.78. The maximum Gasteiger partial charge on any atom is 0.231 e. The van der Waals surface area contributed by atoms with Crippen LogP contribution >= 0.6 is 0 Å². The summed E-state index contributed by atoms with van der Waals surface area (Å²) in [5.74, 6) is 2.35. The number of hydrogen-bond donors (Lipinski definition) is 0. The van der Waals surface area contributed by atoms with Crippen LogP contribution in [-0.4, -0.2) is 54.6 Å². The zero-order chi connectivity index (χ0) is 19.0. The molecule has 1 aromatic carbocycles. The van der Waals surface area contributed by atoms with Gasteiger partial charge in [0.25, 0.3) is 0 Å². The normalized spacial score (nSPS) is 19.6. The number of Topliss-reactive ketones (excluding diaryl/α,β-unsaturated/α-hetero) is 1. The molecule has 0 spiro atoms. The number of rotatable bonds is 6. The molecule has 0 bridgehead atoms. The highest BCUT2D eigenvalue weighted by molar-refractivity contribution is 5.79. The van der Waals surface area contributed by atoms with Crippen LogP contribution in [0, 0.1) is 0 Å². The molecule has 0 aliphatic carbocycles. The maximum atomic E-state index is 12.8. The minimum Gasteiger partial charge on any atom is -0.492 e. The summed E-state index contributed by atoms with van der Waals surface area (Å²) in [5, 5.41) is 4.18. The molecule has 0 N–H and O–H groups in total. The third-order valence-corrected chi connectivity index (χ3v) is 5.68. The van der Waals surface area contributed by atoms with Crippen molar-refractivity contribution in [2.45, 2.75) is 31.8 Å². The van der Waals surface area contributed by atoms with Crippen LogP contribution in [-0.2, 0) is 17.8 Å². The van der Waals surface area contributed by atoms with Crippen molar-refractivity contribution >= 4 is 5.78 Å². The van der Waals surface area contributed by atoms with Gasteiger partial charge >= 0.3 is 0 Å². The highest BCUT2D eigenvalue weighted by atomic mass is 16.7. The summed E-state index contributed by atoms with van der Waals surface area (Å²) in [5.41, 5.74) is 2.28. The van der Waals surface area contributed by atoms with E-state index in [0.717, 1.165) is 34.5 Å². The molecule has 1 atom stereocenters. The minimum atomic E-state index is 0.0309. The second-order valence-electron chi connectivity index (χ2n) is 7.75. The lowest BCUT2D eigenvalue weighted by molar-refractivity contribution is -0.922. The van der Waals surface area contributed by atoms with Crippen molar-refractivity contribution in [2.24, 2.45) is 0 Å². The van der Waals surface area contributed by atoms with Crippen LogP contribution in [0.4, 0.5) is 0 Å². The summed E-state index contributed by atoms with van der Waals surface area (Å²) in [6.07, 6.45) is 5.48. The van der Waals surface area contributed by atoms with E-state index in [1.165, 1.54) is 5.56 Å². The topological polar surface area (TPSA) is 62.6 Å². The number of methoxy groups -OCH3 is 1. The van der Waals surface area contributed by atoms with Gasteiger partial charge in [0.05, 0.1) is 39.7 Å². The molecule has 144 valence electrons. The van der Waals surface area contributed by atoms with Crippen LogP contribution in [0.2, 0.25) is 0 Å². The van der Waals surface area contributed by atoms with E-state index >= 15 is 0 Å². The SMILES string of the molecule is COc1c2c(cc3c1[C@@H](CC(=O)CCn1cccn1)[N+](C)(C)CC3)OCO2. The quantitative estimate of drug-likeness (QED) is 0.729. The molecular formula is C20H26N3O4+. The van der Waals surface area contributed by atoms with Gasteiger partial charge in [-0.2, -0.15) is 5.10 Å². The summed E-state index contributed by atoms with van der Waals surface area (Å²) >= 11 is 0. The predicted molar refractivity (Wildman–Crippen MR) is 99.0 cm³/mol. The first-order valence-electron chi connectivity index (χ1n) is 9.31. The van der Waals surface area contributed by atoms with Gasteiger partial charge in [0, 0.05) is 31.8 Å². The number of likely N-dealkylation sites (N-methyl/N-ethyl adjacent to an activating group) is 1. The molecule has 0 amide bonds. The Kier molecular flexibility index (Phi) is 4.55. The number of ketones is 1. The van der Waals surface area contributed by atoms with Crippen molar-refractivity contribution in [3.63, 3.8) is 0 Å². The molecular weight excluding hydrogens is 346 g/mol. The van der Waals surface area contributed by atoms with E-state index in [1.807, 2.05) is 12.3 Å². The Morgan fingerprint density at radius 2 is 2.26 bits per heavy atom. The monoisotopic (exact) mass is 372 g/mol. The fraction of sp³-hybridized carbons (Fsp3) is 0.500. The van der Waals surface area contributed by atoms with Crippen molar-refractivity contribution in [3.8, 4) is 17.2 Å². The van der Waals surface area contributed by atoms with E-state index in [9.17, 15) is 4.79 Å². The van der Waals surface area contributed by atoms with Gasteiger partial charge in [-0.3, -0.25) is 9.48 Å². The van der Waals surface area contributed by atoms with E-state index < -0.39 is 0 Å². The van der Waals surface area contributed by atoms with Crippen LogP contribution in [0.3, 0.4) is 0 Å². The molecule has 3 heterocycles. The van der Waals surface area contributed by atoms with E-state index in [2.05, 4.69) is 25.3 Å². The molecule has 7 heteroatoms. The lowest BCUT2D eigenvalue weighted by atomic mass is 9.86. The number of quaternary nitrogens is 1. The van der Waals surface area contributed by atoms with Crippen LogP contribution < -0.4 is 14.2 Å². The van der Waals surface area contributed by atoms with Gasteiger partial charge in [-0.15, -0.1) is 0 Å². The van der Waals surface area contributed by atoms with Gasteiger partial charge in [0.1, 0.15) is 11.8 Å². The molecule has 2 aliphatic heterocycles. The first-order valence-corrected chi connectivity index (χ1v) is 9.31. The van der Waals surface area contributed by atoms with E-state index in [-0.39, 0.29) is 18.6 Å². The molecule has 1 aromatic heterocycles. The second-order valence-corrected chi connectivity index (χ2v) is 7.75. The summed E-state index contributed by atoms with van der Waals surface area (Å²) in [7, 11) is 6.01. The van der Waals surface area contributed by atoms with Gasteiger partial charge in [-0.25, -0.2) is 0 Å². The van der Waals surface area contributed by atoms with Crippen LogP contribution in [0.5, 0.6) is 17.2 Å². The molecule has 4 rings (SSSR count). The smallest absolute Gasteiger partial charge is 0.231 e. The number of aryl methyl sites for hydroxylation is 1.